The molecule has 1 N–H and O–H groups in total. The van der Waals surface area contributed by atoms with Crippen molar-refractivity contribution in [3.05, 3.63) is 33.7 Å². The Kier molecular flexibility index (Phi) is 5.42. The first-order chi connectivity index (χ1) is 9.44. The monoisotopic (exact) mass is 285 g/mol. The standard InChI is InChI=1S/C12H15NO7/c1-18-10(19-2)6-13-5-7(11(15)16)9(14)4-8(13)12(17)20-3/h4-5,10H,6H2,1-3H3,(H,15,16). The lowest BCUT2D eigenvalue weighted by Crippen LogP contribution is -2.28. The van der Waals surface area contributed by atoms with Gasteiger partial charge in [-0.15, -0.1) is 0 Å². The third-order valence-electron chi connectivity index (χ3n) is 2.62. The minimum atomic E-state index is -1.38. The lowest BCUT2D eigenvalue weighted by molar-refractivity contribution is -0.111. The van der Waals surface area contributed by atoms with Crippen LogP contribution < -0.4 is 5.43 Å². The minimum absolute atomic E-state index is 0.0258. The zero-order valence-corrected chi connectivity index (χ0v) is 11.3. The molecule has 1 heterocycles. The molecule has 0 aliphatic heterocycles. The van der Waals surface area contributed by atoms with Crippen molar-refractivity contribution in [3.8, 4) is 0 Å². The fourth-order valence-corrected chi connectivity index (χ4v) is 1.57. The summed E-state index contributed by atoms with van der Waals surface area (Å²) in [6.07, 6.45) is 0.352. The summed E-state index contributed by atoms with van der Waals surface area (Å²) in [7, 11) is 3.95. The van der Waals surface area contributed by atoms with Gasteiger partial charge in [-0.2, -0.15) is 0 Å². The number of pyridine rings is 1. The smallest absolute Gasteiger partial charge is 0.354 e. The summed E-state index contributed by atoms with van der Waals surface area (Å²) in [5, 5.41) is 8.93. The van der Waals surface area contributed by atoms with Gasteiger partial charge >= 0.3 is 11.9 Å². The van der Waals surface area contributed by atoms with Crippen molar-refractivity contribution >= 4 is 11.9 Å². The highest BCUT2D eigenvalue weighted by Gasteiger charge is 2.19. The number of aromatic nitrogens is 1. The maximum atomic E-state index is 11.6. The topological polar surface area (TPSA) is 104 Å². The van der Waals surface area contributed by atoms with E-state index in [1.807, 2.05) is 0 Å². The van der Waals surface area contributed by atoms with E-state index in [0.29, 0.717) is 0 Å². The van der Waals surface area contributed by atoms with Gasteiger partial charge in [0.25, 0.3) is 0 Å². The number of nitrogens with zero attached hydrogens (tertiary/aromatic N) is 1. The zero-order chi connectivity index (χ0) is 15.3. The maximum absolute atomic E-state index is 11.6. The quantitative estimate of drug-likeness (QED) is 0.577. The Hall–Kier alpha value is -2.19. The Bertz CT molecular complexity index is 559. The first-order valence-corrected chi connectivity index (χ1v) is 5.56. The number of methoxy groups -OCH3 is 3. The van der Waals surface area contributed by atoms with Crippen LogP contribution in [0.3, 0.4) is 0 Å². The van der Waals surface area contributed by atoms with Gasteiger partial charge in [0.2, 0.25) is 0 Å². The van der Waals surface area contributed by atoms with Crippen LogP contribution in [0.4, 0.5) is 0 Å². The molecule has 0 fully saturated rings. The van der Waals surface area contributed by atoms with Crippen molar-refractivity contribution in [2.45, 2.75) is 12.8 Å². The van der Waals surface area contributed by atoms with Crippen molar-refractivity contribution in [2.75, 3.05) is 21.3 Å². The van der Waals surface area contributed by atoms with E-state index < -0.39 is 29.2 Å². The lowest BCUT2D eigenvalue weighted by atomic mass is 10.2. The lowest BCUT2D eigenvalue weighted by Gasteiger charge is -2.18. The molecule has 0 aromatic carbocycles. The van der Waals surface area contributed by atoms with Crippen LogP contribution in [0.25, 0.3) is 0 Å². The van der Waals surface area contributed by atoms with Gasteiger partial charge < -0.3 is 23.9 Å². The van der Waals surface area contributed by atoms with E-state index in [9.17, 15) is 14.4 Å². The number of carbonyl (C=O) groups excluding carboxylic acids is 1. The summed E-state index contributed by atoms with van der Waals surface area (Å²) in [4.78, 5) is 34.2. The van der Waals surface area contributed by atoms with Crippen LogP contribution in [0.1, 0.15) is 20.8 Å². The molecular weight excluding hydrogens is 270 g/mol. The molecule has 0 spiro atoms. The first-order valence-electron chi connectivity index (χ1n) is 5.56. The van der Waals surface area contributed by atoms with Crippen molar-refractivity contribution in [1.82, 2.24) is 4.57 Å². The number of aromatic carboxylic acids is 1. The van der Waals surface area contributed by atoms with Crippen LogP contribution in [0.5, 0.6) is 0 Å². The molecule has 8 heteroatoms. The Morgan fingerprint density at radius 2 is 1.90 bits per heavy atom. The molecule has 110 valence electrons. The zero-order valence-electron chi connectivity index (χ0n) is 11.3. The first kappa shape index (κ1) is 15.9. The Morgan fingerprint density at radius 1 is 1.30 bits per heavy atom. The van der Waals surface area contributed by atoms with E-state index in [2.05, 4.69) is 4.74 Å². The van der Waals surface area contributed by atoms with Crippen molar-refractivity contribution < 1.29 is 28.9 Å². The molecule has 0 saturated carbocycles. The Morgan fingerprint density at radius 3 is 2.35 bits per heavy atom. The third kappa shape index (κ3) is 3.43. The van der Waals surface area contributed by atoms with E-state index in [-0.39, 0.29) is 12.2 Å². The number of carboxylic acid groups (broad SMARTS) is 1. The molecule has 0 radical (unpaired) electrons. The van der Waals surface area contributed by atoms with E-state index >= 15 is 0 Å². The second-order valence-electron chi connectivity index (χ2n) is 3.79. The van der Waals surface area contributed by atoms with Gasteiger partial charge in [0.05, 0.1) is 13.7 Å². The minimum Gasteiger partial charge on any atom is -0.477 e. The van der Waals surface area contributed by atoms with Gasteiger partial charge in [0, 0.05) is 26.5 Å². The van der Waals surface area contributed by atoms with E-state index in [0.717, 1.165) is 19.4 Å². The number of carbonyl (C=O) groups is 2. The highest BCUT2D eigenvalue weighted by Crippen LogP contribution is 2.06. The molecule has 0 aliphatic carbocycles. The van der Waals surface area contributed by atoms with Gasteiger partial charge in [-0.3, -0.25) is 4.79 Å². The van der Waals surface area contributed by atoms with Crippen LogP contribution in [0.2, 0.25) is 0 Å². The van der Waals surface area contributed by atoms with Crippen molar-refractivity contribution in [3.63, 3.8) is 0 Å². The van der Waals surface area contributed by atoms with E-state index in [4.69, 9.17) is 14.6 Å². The van der Waals surface area contributed by atoms with Crippen molar-refractivity contribution in [2.24, 2.45) is 0 Å². The highest BCUT2D eigenvalue weighted by molar-refractivity contribution is 5.90. The molecule has 0 unspecified atom stereocenters. The highest BCUT2D eigenvalue weighted by atomic mass is 16.7. The van der Waals surface area contributed by atoms with Crippen molar-refractivity contribution in [1.29, 1.82) is 0 Å². The third-order valence-corrected chi connectivity index (χ3v) is 2.62. The molecule has 20 heavy (non-hydrogen) atoms. The number of carboxylic acids is 1. The summed E-state index contributed by atoms with van der Waals surface area (Å²) < 4.78 is 15.8. The van der Waals surface area contributed by atoms with Gasteiger partial charge in [0.15, 0.2) is 11.7 Å². The second kappa shape index (κ2) is 6.83. The van der Waals surface area contributed by atoms with Gasteiger partial charge in [-0.25, -0.2) is 9.59 Å². The molecule has 1 aromatic rings. The average Bonchev–Trinajstić information content (AvgIpc) is 2.44. The molecule has 8 nitrogen and oxygen atoms in total. The molecule has 0 amide bonds. The normalized spacial score (nSPS) is 10.6. The average molecular weight is 285 g/mol. The Labute approximate surface area is 114 Å². The van der Waals surface area contributed by atoms with Crippen LogP contribution in [0.15, 0.2) is 17.1 Å². The van der Waals surface area contributed by atoms with Gasteiger partial charge in [-0.05, 0) is 0 Å². The fraction of sp³-hybridized carbons (Fsp3) is 0.417. The summed E-state index contributed by atoms with van der Waals surface area (Å²) >= 11 is 0. The van der Waals surface area contributed by atoms with Crippen LogP contribution >= 0.6 is 0 Å². The largest absolute Gasteiger partial charge is 0.477 e. The Balaban J connectivity index is 3.35. The molecule has 1 rings (SSSR count). The van der Waals surface area contributed by atoms with E-state index in [1.54, 1.807) is 0 Å². The molecule has 1 aromatic heterocycles. The predicted molar refractivity (Wildman–Crippen MR) is 66.8 cm³/mol. The molecule has 0 bridgehead atoms. The second-order valence-corrected chi connectivity index (χ2v) is 3.79. The maximum Gasteiger partial charge on any atom is 0.354 e. The number of rotatable bonds is 6. The summed E-state index contributed by atoms with van der Waals surface area (Å²) in [5.41, 5.74) is -1.31. The summed E-state index contributed by atoms with van der Waals surface area (Å²) in [6, 6.07) is 0.914. The molecule has 0 atom stereocenters. The van der Waals surface area contributed by atoms with E-state index in [1.165, 1.54) is 18.8 Å². The fourth-order valence-electron chi connectivity index (χ4n) is 1.57. The summed E-state index contributed by atoms with van der Waals surface area (Å²) in [6.45, 7) is 0.0258. The molecule has 0 aliphatic rings. The SMILES string of the molecule is COC(=O)c1cc(=O)c(C(=O)O)cn1CC(OC)OC. The number of hydrogen-bond donors (Lipinski definition) is 1. The van der Waals surface area contributed by atoms with Crippen LogP contribution in [0, 0.1) is 0 Å². The predicted octanol–water partition coefficient (Wildman–Crippen LogP) is -0.0480. The number of esters is 1. The van der Waals surface area contributed by atoms with Gasteiger partial charge in [0.1, 0.15) is 11.3 Å². The van der Waals surface area contributed by atoms with Crippen LogP contribution in [-0.4, -0.2) is 49.2 Å². The number of ether oxygens (including phenoxy) is 3. The molecular formula is C12H15NO7. The van der Waals surface area contributed by atoms with Crippen LogP contribution in [-0.2, 0) is 20.8 Å². The number of hydrogen-bond acceptors (Lipinski definition) is 6. The summed E-state index contributed by atoms with van der Waals surface area (Å²) in [5.74, 6) is -2.14. The van der Waals surface area contributed by atoms with Gasteiger partial charge in [-0.1, -0.05) is 0 Å². The molecule has 0 saturated heterocycles.